The van der Waals surface area contributed by atoms with E-state index < -0.39 is 0 Å². The van der Waals surface area contributed by atoms with Crippen molar-refractivity contribution < 1.29 is 9.26 Å². The van der Waals surface area contributed by atoms with Crippen LogP contribution in [0, 0.1) is 6.92 Å². The third kappa shape index (κ3) is 2.67. The summed E-state index contributed by atoms with van der Waals surface area (Å²) >= 11 is 0. The first-order valence-electron chi connectivity index (χ1n) is 3.59. The zero-order valence-electron chi connectivity index (χ0n) is 7.00. The van der Waals surface area contributed by atoms with Crippen molar-refractivity contribution in [3.05, 3.63) is 11.7 Å². The smallest absolute Gasteiger partial charge is 0.223 e. The second kappa shape index (κ2) is 3.48. The van der Waals surface area contributed by atoms with Gasteiger partial charge in [-0.05, 0) is 13.8 Å². The minimum Gasteiger partial charge on any atom is -0.371 e. The molecule has 1 heterocycles. The second-order valence-corrected chi connectivity index (χ2v) is 2.59. The van der Waals surface area contributed by atoms with Gasteiger partial charge in [0.1, 0.15) is 6.61 Å². The third-order valence-corrected chi connectivity index (χ3v) is 1.12. The Balaban J connectivity index is 2.39. The maximum atomic E-state index is 5.26. The minimum atomic E-state index is 0.203. The van der Waals surface area contributed by atoms with E-state index in [0.29, 0.717) is 18.3 Å². The molecule has 11 heavy (non-hydrogen) atoms. The molecule has 4 nitrogen and oxygen atoms in total. The number of hydrogen-bond acceptors (Lipinski definition) is 4. The van der Waals surface area contributed by atoms with Gasteiger partial charge in [0, 0.05) is 6.92 Å². The summed E-state index contributed by atoms with van der Waals surface area (Å²) in [5, 5.41) is 3.68. The van der Waals surface area contributed by atoms with Crippen LogP contribution in [0.2, 0.25) is 0 Å². The fourth-order valence-corrected chi connectivity index (χ4v) is 0.641. The van der Waals surface area contributed by atoms with Gasteiger partial charge in [0.05, 0.1) is 6.10 Å². The minimum absolute atomic E-state index is 0.203. The fraction of sp³-hybridized carbons (Fsp3) is 0.714. The molecule has 0 saturated carbocycles. The number of rotatable bonds is 3. The van der Waals surface area contributed by atoms with Crippen molar-refractivity contribution in [2.75, 3.05) is 0 Å². The van der Waals surface area contributed by atoms with E-state index in [4.69, 9.17) is 9.26 Å². The van der Waals surface area contributed by atoms with E-state index in [2.05, 4.69) is 10.1 Å². The number of aryl methyl sites for hydroxylation is 1. The molecule has 1 aromatic heterocycles. The fourth-order valence-electron chi connectivity index (χ4n) is 0.641. The Bertz CT molecular complexity index is 220. The molecule has 0 aliphatic heterocycles. The predicted molar refractivity (Wildman–Crippen MR) is 39.0 cm³/mol. The molecule has 1 rings (SSSR count). The molecule has 0 aliphatic rings. The lowest BCUT2D eigenvalue weighted by Crippen LogP contribution is -2.03. The van der Waals surface area contributed by atoms with Crippen LogP contribution in [0.3, 0.4) is 0 Å². The summed E-state index contributed by atoms with van der Waals surface area (Å²) in [5.41, 5.74) is 0. The summed E-state index contributed by atoms with van der Waals surface area (Å²) in [4.78, 5) is 3.98. The number of ether oxygens (including phenoxy) is 1. The third-order valence-electron chi connectivity index (χ3n) is 1.12. The first kappa shape index (κ1) is 8.20. The van der Waals surface area contributed by atoms with E-state index in [-0.39, 0.29) is 6.10 Å². The van der Waals surface area contributed by atoms with Gasteiger partial charge in [-0.15, -0.1) is 0 Å². The molecule has 0 radical (unpaired) electrons. The Hall–Kier alpha value is -0.900. The summed E-state index contributed by atoms with van der Waals surface area (Å²) in [6.45, 7) is 6.11. The van der Waals surface area contributed by atoms with Crippen LogP contribution in [0.15, 0.2) is 4.52 Å². The summed E-state index contributed by atoms with van der Waals surface area (Å²) in [7, 11) is 0. The lowest BCUT2D eigenvalue weighted by Gasteiger charge is -2.02. The molecule has 0 aromatic carbocycles. The maximum Gasteiger partial charge on any atom is 0.223 e. The summed E-state index contributed by atoms with van der Waals surface area (Å²) < 4.78 is 10.0. The summed E-state index contributed by atoms with van der Waals surface area (Å²) in [6.07, 6.45) is 0.203. The van der Waals surface area contributed by atoms with Crippen LogP contribution in [-0.2, 0) is 11.3 Å². The average Bonchev–Trinajstić information content (AvgIpc) is 2.31. The van der Waals surface area contributed by atoms with E-state index in [0.717, 1.165) is 0 Å². The van der Waals surface area contributed by atoms with Gasteiger partial charge in [-0.25, -0.2) is 0 Å². The zero-order chi connectivity index (χ0) is 8.27. The molecule has 0 unspecified atom stereocenters. The highest BCUT2D eigenvalue weighted by Gasteiger charge is 2.02. The van der Waals surface area contributed by atoms with Gasteiger partial charge in [0.2, 0.25) is 5.89 Å². The molecule has 1 aromatic rings. The maximum absolute atomic E-state index is 5.26. The standard InChI is InChI=1S/C7H12N2O2/c1-5(2)10-4-7-8-6(3)11-9-7/h5H,4H2,1-3H3. The first-order valence-corrected chi connectivity index (χ1v) is 3.59. The Kier molecular flexibility index (Phi) is 2.59. The molecule has 0 atom stereocenters. The summed E-state index contributed by atoms with van der Waals surface area (Å²) in [6, 6.07) is 0. The van der Waals surface area contributed by atoms with Crippen molar-refractivity contribution in [2.45, 2.75) is 33.5 Å². The molecule has 4 heteroatoms. The van der Waals surface area contributed by atoms with Crippen LogP contribution in [-0.4, -0.2) is 16.2 Å². The van der Waals surface area contributed by atoms with Gasteiger partial charge in [0.25, 0.3) is 0 Å². The van der Waals surface area contributed by atoms with Crippen LogP contribution in [0.5, 0.6) is 0 Å². The van der Waals surface area contributed by atoms with Gasteiger partial charge in [-0.1, -0.05) is 5.16 Å². The quantitative estimate of drug-likeness (QED) is 0.661. The summed E-state index contributed by atoms with van der Waals surface area (Å²) in [5.74, 6) is 1.18. The molecular formula is C7H12N2O2. The van der Waals surface area contributed by atoms with Crippen molar-refractivity contribution in [1.82, 2.24) is 10.1 Å². The van der Waals surface area contributed by atoms with E-state index in [1.807, 2.05) is 13.8 Å². The van der Waals surface area contributed by atoms with Gasteiger partial charge in [0.15, 0.2) is 5.82 Å². The molecule has 0 spiro atoms. The number of nitrogens with zero attached hydrogens (tertiary/aromatic N) is 2. The lowest BCUT2D eigenvalue weighted by molar-refractivity contribution is 0.0601. The lowest BCUT2D eigenvalue weighted by atomic mass is 10.5. The topological polar surface area (TPSA) is 48.2 Å². The van der Waals surface area contributed by atoms with Crippen LogP contribution in [0.4, 0.5) is 0 Å². The highest BCUT2D eigenvalue weighted by Crippen LogP contribution is 1.98. The zero-order valence-corrected chi connectivity index (χ0v) is 7.00. The highest BCUT2D eigenvalue weighted by atomic mass is 16.5. The van der Waals surface area contributed by atoms with Gasteiger partial charge < -0.3 is 9.26 Å². The second-order valence-electron chi connectivity index (χ2n) is 2.59. The van der Waals surface area contributed by atoms with Crippen LogP contribution in [0.25, 0.3) is 0 Å². The largest absolute Gasteiger partial charge is 0.371 e. The van der Waals surface area contributed by atoms with E-state index in [9.17, 15) is 0 Å². The Morgan fingerprint density at radius 2 is 2.27 bits per heavy atom. The van der Waals surface area contributed by atoms with Crippen molar-refractivity contribution in [2.24, 2.45) is 0 Å². The van der Waals surface area contributed by atoms with Gasteiger partial charge in [-0.3, -0.25) is 0 Å². The van der Waals surface area contributed by atoms with E-state index in [1.54, 1.807) is 6.92 Å². The van der Waals surface area contributed by atoms with Crippen LogP contribution in [0.1, 0.15) is 25.6 Å². The molecule has 0 aliphatic carbocycles. The normalized spacial score (nSPS) is 10.9. The Morgan fingerprint density at radius 1 is 1.55 bits per heavy atom. The van der Waals surface area contributed by atoms with Crippen molar-refractivity contribution in [3.8, 4) is 0 Å². The Morgan fingerprint density at radius 3 is 2.73 bits per heavy atom. The first-order chi connectivity index (χ1) is 5.18. The molecule has 0 N–H and O–H groups in total. The SMILES string of the molecule is Cc1nc(COC(C)C)no1. The highest BCUT2D eigenvalue weighted by molar-refractivity contribution is 4.80. The number of hydrogen-bond donors (Lipinski definition) is 0. The predicted octanol–water partition coefficient (Wildman–Crippen LogP) is 1.30. The Labute approximate surface area is 65.6 Å². The van der Waals surface area contributed by atoms with Gasteiger partial charge in [-0.2, -0.15) is 4.98 Å². The molecule has 0 fully saturated rings. The molecule has 0 bridgehead atoms. The molecular weight excluding hydrogens is 144 g/mol. The monoisotopic (exact) mass is 156 g/mol. The van der Waals surface area contributed by atoms with Crippen molar-refractivity contribution >= 4 is 0 Å². The van der Waals surface area contributed by atoms with Gasteiger partial charge >= 0.3 is 0 Å². The van der Waals surface area contributed by atoms with Crippen molar-refractivity contribution in [3.63, 3.8) is 0 Å². The number of aromatic nitrogens is 2. The van der Waals surface area contributed by atoms with E-state index >= 15 is 0 Å². The molecule has 62 valence electrons. The van der Waals surface area contributed by atoms with Crippen molar-refractivity contribution in [1.29, 1.82) is 0 Å². The molecule has 0 amide bonds. The van der Waals surface area contributed by atoms with Crippen LogP contribution < -0.4 is 0 Å². The van der Waals surface area contributed by atoms with Crippen LogP contribution >= 0.6 is 0 Å². The average molecular weight is 156 g/mol. The molecule has 0 saturated heterocycles. The van der Waals surface area contributed by atoms with E-state index in [1.165, 1.54) is 0 Å².